The molecule has 5 nitrogen and oxygen atoms in total. The molecule has 0 aliphatic heterocycles. The van der Waals surface area contributed by atoms with Crippen molar-refractivity contribution < 1.29 is 13.2 Å². The Kier molecular flexibility index (Phi) is 5.48. The van der Waals surface area contributed by atoms with Crippen LogP contribution in [0.1, 0.15) is 15.9 Å². The van der Waals surface area contributed by atoms with Gasteiger partial charge in [0.2, 0.25) is 0 Å². The first-order valence-corrected chi connectivity index (χ1v) is 9.97. The first kappa shape index (κ1) is 18.9. The molecule has 0 spiro atoms. The summed E-state index contributed by atoms with van der Waals surface area (Å²) in [5, 5.41) is 3.22. The largest absolute Gasteiger partial charge is 0.322 e. The molecule has 0 heterocycles. The predicted octanol–water partition coefficient (Wildman–Crippen LogP) is 4.70. The normalized spacial score (nSPS) is 11.0. The first-order chi connectivity index (χ1) is 12.8. The Morgan fingerprint density at radius 3 is 2.26 bits per heavy atom. The van der Waals surface area contributed by atoms with Crippen molar-refractivity contribution in [2.24, 2.45) is 0 Å². The number of nitrogens with one attached hydrogen (secondary N) is 2. The third-order valence-electron chi connectivity index (χ3n) is 3.90. The predicted molar refractivity (Wildman–Crippen MR) is 108 cm³/mol. The van der Waals surface area contributed by atoms with E-state index in [1.165, 1.54) is 30.3 Å². The van der Waals surface area contributed by atoms with Gasteiger partial charge in [0.05, 0.1) is 10.6 Å². The molecule has 27 heavy (non-hydrogen) atoms. The summed E-state index contributed by atoms with van der Waals surface area (Å²) in [7, 11) is -3.79. The number of aryl methyl sites for hydroxylation is 1. The van der Waals surface area contributed by atoms with Crippen LogP contribution >= 0.6 is 11.6 Å². The lowest BCUT2D eigenvalue weighted by atomic mass is 10.1. The Bertz CT molecular complexity index is 1070. The van der Waals surface area contributed by atoms with Crippen LogP contribution in [0, 0.1) is 6.92 Å². The highest BCUT2D eigenvalue weighted by molar-refractivity contribution is 7.92. The van der Waals surface area contributed by atoms with E-state index in [1.807, 2.05) is 18.2 Å². The molecule has 0 saturated carbocycles. The molecule has 0 aliphatic carbocycles. The van der Waals surface area contributed by atoms with E-state index in [4.69, 9.17) is 11.6 Å². The van der Waals surface area contributed by atoms with Crippen LogP contribution in [-0.4, -0.2) is 14.3 Å². The minimum absolute atomic E-state index is 0.0884. The number of amides is 1. The molecular weight excluding hydrogens is 384 g/mol. The maximum absolute atomic E-state index is 12.6. The van der Waals surface area contributed by atoms with E-state index in [0.717, 1.165) is 0 Å². The van der Waals surface area contributed by atoms with E-state index in [2.05, 4.69) is 10.0 Å². The highest BCUT2D eigenvalue weighted by Gasteiger charge is 2.16. The van der Waals surface area contributed by atoms with Crippen molar-refractivity contribution in [3.05, 3.63) is 88.9 Å². The number of halogens is 1. The van der Waals surface area contributed by atoms with Crippen molar-refractivity contribution in [3.63, 3.8) is 0 Å². The molecule has 0 aliphatic rings. The van der Waals surface area contributed by atoms with Crippen LogP contribution in [0.25, 0.3) is 0 Å². The average molecular weight is 401 g/mol. The number of hydrogen-bond donors (Lipinski definition) is 2. The van der Waals surface area contributed by atoms with E-state index >= 15 is 0 Å². The quantitative estimate of drug-likeness (QED) is 0.651. The van der Waals surface area contributed by atoms with Crippen molar-refractivity contribution in [3.8, 4) is 0 Å². The van der Waals surface area contributed by atoms with Crippen LogP contribution in [-0.2, 0) is 10.0 Å². The molecule has 0 bridgehead atoms. The molecule has 138 valence electrons. The lowest BCUT2D eigenvalue weighted by Crippen LogP contribution is -2.16. The van der Waals surface area contributed by atoms with Gasteiger partial charge in [0.1, 0.15) is 0 Å². The Morgan fingerprint density at radius 2 is 1.59 bits per heavy atom. The molecule has 3 aromatic carbocycles. The molecule has 1 amide bonds. The molecule has 0 atom stereocenters. The number of carbonyl (C=O) groups is 1. The fourth-order valence-corrected chi connectivity index (χ4v) is 3.66. The molecule has 0 unspecified atom stereocenters. The summed E-state index contributed by atoms with van der Waals surface area (Å²) in [5.41, 5.74) is 2.04. The number of hydrogen-bond acceptors (Lipinski definition) is 3. The molecule has 0 saturated heterocycles. The van der Waals surface area contributed by atoms with Crippen LogP contribution in [0.15, 0.2) is 77.7 Å². The van der Waals surface area contributed by atoms with Crippen LogP contribution in [0.5, 0.6) is 0 Å². The first-order valence-electron chi connectivity index (χ1n) is 8.10. The molecule has 7 heteroatoms. The van der Waals surface area contributed by atoms with Crippen molar-refractivity contribution in [2.75, 3.05) is 10.0 Å². The topological polar surface area (TPSA) is 75.3 Å². The molecule has 3 aromatic rings. The standard InChI is InChI=1S/C20H17ClN2O3S/c1-14-7-8-15(20(24)22-17-5-3-2-4-6-17)13-19(14)23-27(25,26)18-11-9-16(21)10-12-18/h2-13,23H,1H3,(H,22,24). The number of para-hydroxylation sites is 1. The average Bonchev–Trinajstić information content (AvgIpc) is 2.64. The fraction of sp³-hybridized carbons (Fsp3) is 0.0500. The molecule has 3 rings (SSSR count). The minimum atomic E-state index is -3.79. The Balaban J connectivity index is 1.85. The van der Waals surface area contributed by atoms with Gasteiger partial charge in [0.25, 0.3) is 15.9 Å². The second-order valence-corrected chi connectivity index (χ2v) is 8.03. The van der Waals surface area contributed by atoms with E-state index in [-0.39, 0.29) is 10.8 Å². The molecule has 0 fully saturated rings. The van der Waals surface area contributed by atoms with Gasteiger partial charge in [-0.3, -0.25) is 9.52 Å². The van der Waals surface area contributed by atoms with E-state index in [0.29, 0.717) is 27.5 Å². The molecule has 0 aromatic heterocycles. The maximum atomic E-state index is 12.6. The summed E-state index contributed by atoms with van der Waals surface area (Å²) in [6.07, 6.45) is 0. The SMILES string of the molecule is Cc1ccc(C(=O)Nc2ccccc2)cc1NS(=O)(=O)c1ccc(Cl)cc1. The van der Waals surface area contributed by atoms with Gasteiger partial charge in [0.15, 0.2) is 0 Å². The number of anilines is 2. The zero-order valence-electron chi connectivity index (χ0n) is 14.4. The molecule has 2 N–H and O–H groups in total. The van der Waals surface area contributed by atoms with Gasteiger partial charge in [0, 0.05) is 16.3 Å². The third kappa shape index (κ3) is 4.67. The Labute approximate surface area is 163 Å². The summed E-state index contributed by atoms with van der Waals surface area (Å²) in [6.45, 7) is 1.76. The van der Waals surface area contributed by atoms with E-state index in [9.17, 15) is 13.2 Å². The zero-order valence-corrected chi connectivity index (χ0v) is 16.0. The highest BCUT2D eigenvalue weighted by Crippen LogP contribution is 2.23. The van der Waals surface area contributed by atoms with Crippen molar-refractivity contribution in [1.29, 1.82) is 0 Å². The second kappa shape index (κ2) is 7.82. The van der Waals surface area contributed by atoms with Crippen molar-refractivity contribution >= 4 is 38.9 Å². The number of carbonyl (C=O) groups excluding carboxylic acids is 1. The van der Waals surface area contributed by atoms with Gasteiger partial charge >= 0.3 is 0 Å². The highest BCUT2D eigenvalue weighted by atomic mass is 35.5. The number of benzene rings is 3. The summed E-state index contributed by atoms with van der Waals surface area (Å²) in [5.74, 6) is -0.326. The summed E-state index contributed by atoms with van der Waals surface area (Å²) in [4.78, 5) is 12.5. The van der Waals surface area contributed by atoms with E-state index in [1.54, 1.807) is 31.2 Å². The summed E-state index contributed by atoms with van der Waals surface area (Å²) in [6, 6.07) is 19.7. The summed E-state index contributed by atoms with van der Waals surface area (Å²) >= 11 is 5.81. The molecule has 0 radical (unpaired) electrons. The number of sulfonamides is 1. The van der Waals surface area contributed by atoms with Crippen LogP contribution in [0.4, 0.5) is 11.4 Å². The zero-order chi connectivity index (χ0) is 19.4. The summed E-state index contributed by atoms with van der Waals surface area (Å²) < 4.78 is 27.7. The van der Waals surface area contributed by atoms with Gasteiger partial charge in [-0.2, -0.15) is 0 Å². The monoisotopic (exact) mass is 400 g/mol. The van der Waals surface area contributed by atoms with Gasteiger partial charge in [-0.25, -0.2) is 8.42 Å². The van der Waals surface area contributed by atoms with Crippen LogP contribution in [0.3, 0.4) is 0 Å². The second-order valence-electron chi connectivity index (χ2n) is 5.91. The Morgan fingerprint density at radius 1 is 0.926 bits per heavy atom. The van der Waals surface area contributed by atoms with Gasteiger partial charge < -0.3 is 5.32 Å². The maximum Gasteiger partial charge on any atom is 0.261 e. The number of rotatable bonds is 5. The molecular formula is C20H17ClN2O3S. The third-order valence-corrected chi connectivity index (χ3v) is 5.53. The van der Waals surface area contributed by atoms with Crippen LogP contribution in [0.2, 0.25) is 5.02 Å². The van der Waals surface area contributed by atoms with Gasteiger partial charge in [-0.1, -0.05) is 35.9 Å². The van der Waals surface area contributed by atoms with Crippen LogP contribution < -0.4 is 10.0 Å². The fourth-order valence-electron chi connectivity index (χ4n) is 2.42. The minimum Gasteiger partial charge on any atom is -0.322 e. The van der Waals surface area contributed by atoms with Gasteiger partial charge in [-0.05, 0) is 61.0 Å². The van der Waals surface area contributed by atoms with Gasteiger partial charge in [-0.15, -0.1) is 0 Å². The lowest BCUT2D eigenvalue weighted by molar-refractivity contribution is 0.102. The van der Waals surface area contributed by atoms with Crippen molar-refractivity contribution in [1.82, 2.24) is 0 Å². The van der Waals surface area contributed by atoms with Crippen molar-refractivity contribution in [2.45, 2.75) is 11.8 Å². The smallest absolute Gasteiger partial charge is 0.261 e. The lowest BCUT2D eigenvalue weighted by Gasteiger charge is -2.13. The van der Waals surface area contributed by atoms with E-state index < -0.39 is 10.0 Å². The Hall–Kier alpha value is -2.83.